The molecule has 0 aliphatic carbocycles. The molecule has 0 rings (SSSR count). The van der Waals surface area contributed by atoms with Gasteiger partial charge >= 0.3 is 17.9 Å². The van der Waals surface area contributed by atoms with Gasteiger partial charge in [0, 0.05) is 12.8 Å². The Balaban J connectivity index is 4.23. The fourth-order valence-electron chi connectivity index (χ4n) is 8.42. The summed E-state index contributed by atoms with van der Waals surface area (Å²) in [5.41, 5.74) is 0. The monoisotopic (exact) mass is 1050 g/mol. The van der Waals surface area contributed by atoms with E-state index in [0.29, 0.717) is 23.9 Å². The van der Waals surface area contributed by atoms with E-state index in [0.717, 1.165) is 77.0 Å². The number of likely N-dealkylation sites (N-methyl/N-ethyl adjacent to an activating group) is 1. The molecule has 0 radical (unpaired) electrons. The number of aliphatic carboxylic acids is 1. The van der Waals surface area contributed by atoms with Crippen molar-refractivity contribution >= 4 is 17.9 Å². The van der Waals surface area contributed by atoms with Gasteiger partial charge in [-0.05, 0) is 89.9 Å². The number of esters is 2. The second kappa shape index (κ2) is 56.7. The van der Waals surface area contributed by atoms with Crippen LogP contribution in [-0.2, 0) is 33.3 Å². The number of hydrogen-bond acceptors (Lipinski definition) is 7. The minimum Gasteiger partial charge on any atom is -0.477 e. The molecule has 432 valence electrons. The zero-order chi connectivity index (χ0) is 54.8. The number of carbonyl (C=O) groups is 3. The zero-order valence-corrected chi connectivity index (χ0v) is 49.2. The highest BCUT2D eigenvalue weighted by Crippen LogP contribution is 2.16. The van der Waals surface area contributed by atoms with Crippen molar-refractivity contribution in [2.45, 2.75) is 270 Å². The molecule has 0 aromatic carbocycles. The number of unbranched alkanes of at least 4 members (excludes halogenated alkanes) is 27. The van der Waals surface area contributed by atoms with Crippen molar-refractivity contribution in [2.24, 2.45) is 0 Å². The lowest BCUT2D eigenvalue weighted by atomic mass is 10.0. The molecule has 0 aliphatic heterocycles. The molecular weight excluding hydrogens is 935 g/mol. The van der Waals surface area contributed by atoms with Gasteiger partial charge in [0.25, 0.3) is 6.29 Å². The van der Waals surface area contributed by atoms with Crippen LogP contribution >= 0.6 is 0 Å². The molecule has 75 heavy (non-hydrogen) atoms. The van der Waals surface area contributed by atoms with Crippen molar-refractivity contribution in [2.75, 3.05) is 47.5 Å². The van der Waals surface area contributed by atoms with Crippen molar-refractivity contribution in [1.29, 1.82) is 0 Å². The minimum atomic E-state index is -1.52. The zero-order valence-electron chi connectivity index (χ0n) is 49.2. The maximum Gasteiger partial charge on any atom is 0.361 e. The molecule has 0 spiro atoms. The first-order valence-electron chi connectivity index (χ1n) is 30.8. The first-order chi connectivity index (χ1) is 36.6. The standard InChI is InChI=1S/C66H115NO8/c1-6-8-10-12-14-16-18-20-22-24-26-28-30-32-34-36-38-40-42-44-46-48-50-52-54-56-63(68)73-60-62(61-74-66(65(70)71)72-59-58-67(3,4)5)75-64(69)57-55-53-51-49-47-45-43-41-39-37-35-33-31-29-27-25-23-21-19-17-15-13-11-9-7-2/h9,11,15,17-18,20-21,23-24,26-27,29-30,32,62,66H,6-8,10,12-14,16,19,22,25,28,31,33-61H2,1-5H3/p+1/b11-9-,17-15-,20-18-,23-21-,26-24-,29-27-,32-30-. The Morgan fingerprint density at radius 1 is 0.413 bits per heavy atom. The van der Waals surface area contributed by atoms with Crippen LogP contribution in [0.5, 0.6) is 0 Å². The SMILES string of the molecule is CC/C=C\C/C=C\C/C=C\C/C=C\CCCCCCCCCCCCCCC(=O)OC(COC(=O)CCCCCCCCCCCC/C=C\C/C=C\C/C=C\CCCCCCC)COC(OCC[N+](C)(C)C)C(=O)O. The first kappa shape index (κ1) is 71.5. The van der Waals surface area contributed by atoms with E-state index in [4.69, 9.17) is 18.9 Å². The van der Waals surface area contributed by atoms with Crippen molar-refractivity contribution in [3.63, 3.8) is 0 Å². The van der Waals surface area contributed by atoms with Gasteiger partial charge in [0.05, 0.1) is 34.4 Å². The lowest BCUT2D eigenvalue weighted by Gasteiger charge is -2.25. The van der Waals surface area contributed by atoms with E-state index in [-0.39, 0.29) is 32.2 Å². The van der Waals surface area contributed by atoms with Crippen molar-refractivity contribution in [3.05, 3.63) is 85.1 Å². The van der Waals surface area contributed by atoms with Gasteiger partial charge in [-0.15, -0.1) is 0 Å². The Labute approximate surface area is 461 Å². The number of ether oxygens (including phenoxy) is 4. The number of carboxylic acids is 1. The number of carbonyl (C=O) groups excluding carboxylic acids is 2. The molecule has 0 heterocycles. The highest BCUT2D eigenvalue weighted by atomic mass is 16.7. The topological polar surface area (TPSA) is 108 Å². The Morgan fingerprint density at radius 3 is 1.13 bits per heavy atom. The van der Waals surface area contributed by atoms with Gasteiger partial charge in [-0.1, -0.05) is 240 Å². The van der Waals surface area contributed by atoms with Crippen molar-refractivity contribution < 1.29 is 42.9 Å². The van der Waals surface area contributed by atoms with E-state index in [1.807, 2.05) is 21.1 Å². The lowest BCUT2D eigenvalue weighted by Crippen LogP contribution is -2.40. The fourth-order valence-corrected chi connectivity index (χ4v) is 8.42. The van der Waals surface area contributed by atoms with Gasteiger partial charge in [0.1, 0.15) is 13.2 Å². The number of nitrogens with zero attached hydrogens (tertiary/aromatic N) is 1. The maximum absolute atomic E-state index is 12.9. The van der Waals surface area contributed by atoms with Crippen LogP contribution in [0.3, 0.4) is 0 Å². The summed E-state index contributed by atoms with van der Waals surface area (Å²) in [6.45, 7) is 4.76. The number of allylic oxidation sites excluding steroid dienone is 14. The number of carboxylic acid groups (broad SMARTS) is 1. The van der Waals surface area contributed by atoms with Crippen LogP contribution < -0.4 is 0 Å². The van der Waals surface area contributed by atoms with E-state index in [1.54, 1.807) is 0 Å². The first-order valence-corrected chi connectivity index (χ1v) is 30.8. The van der Waals surface area contributed by atoms with E-state index in [9.17, 15) is 19.5 Å². The third-order valence-electron chi connectivity index (χ3n) is 13.1. The lowest BCUT2D eigenvalue weighted by molar-refractivity contribution is -0.870. The third kappa shape index (κ3) is 58.0. The van der Waals surface area contributed by atoms with Crippen LogP contribution in [0.15, 0.2) is 85.1 Å². The molecule has 9 heteroatoms. The van der Waals surface area contributed by atoms with Crippen molar-refractivity contribution in [1.82, 2.24) is 0 Å². The van der Waals surface area contributed by atoms with E-state index in [2.05, 4.69) is 98.9 Å². The van der Waals surface area contributed by atoms with Crippen LogP contribution in [0, 0.1) is 0 Å². The summed E-state index contributed by atoms with van der Waals surface area (Å²) in [5.74, 6) is -2.01. The van der Waals surface area contributed by atoms with Gasteiger partial charge in [0.15, 0.2) is 6.10 Å². The second-order valence-corrected chi connectivity index (χ2v) is 21.6. The van der Waals surface area contributed by atoms with Crippen molar-refractivity contribution in [3.8, 4) is 0 Å². The maximum atomic E-state index is 12.9. The third-order valence-corrected chi connectivity index (χ3v) is 13.1. The van der Waals surface area contributed by atoms with Crippen LogP contribution in [0.1, 0.15) is 258 Å². The molecule has 0 fully saturated rings. The summed E-state index contributed by atoms with van der Waals surface area (Å²) in [7, 11) is 5.97. The summed E-state index contributed by atoms with van der Waals surface area (Å²) in [4.78, 5) is 37.5. The van der Waals surface area contributed by atoms with Crippen LogP contribution in [-0.4, -0.2) is 87.4 Å². The average molecular weight is 1050 g/mol. The predicted molar refractivity (Wildman–Crippen MR) is 318 cm³/mol. The van der Waals surface area contributed by atoms with Gasteiger partial charge in [0.2, 0.25) is 0 Å². The predicted octanol–water partition coefficient (Wildman–Crippen LogP) is 18.3. The van der Waals surface area contributed by atoms with E-state index < -0.39 is 24.3 Å². The van der Waals surface area contributed by atoms with Crippen LogP contribution in [0.4, 0.5) is 0 Å². The molecule has 0 bridgehead atoms. The quantitative estimate of drug-likeness (QED) is 0.0211. The number of rotatable bonds is 56. The Bertz CT molecular complexity index is 1500. The van der Waals surface area contributed by atoms with Crippen LogP contribution in [0.2, 0.25) is 0 Å². The highest BCUT2D eigenvalue weighted by Gasteiger charge is 2.25. The van der Waals surface area contributed by atoms with Gasteiger partial charge in [-0.3, -0.25) is 9.59 Å². The molecule has 9 nitrogen and oxygen atoms in total. The Kier molecular flexibility index (Phi) is 54.0. The molecule has 1 N–H and O–H groups in total. The van der Waals surface area contributed by atoms with E-state index >= 15 is 0 Å². The molecule has 2 atom stereocenters. The van der Waals surface area contributed by atoms with Gasteiger partial charge in [-0.2, -0.15) is 0 Å². The minimum absolute atomic E-state index is 0.183. The number of hydrogen-bond donors (Lipinski definition) is 1. The largest absolute Gasteiger partial charge is 0.477 e. The number of quaternary nitrogens is 1. The molecule has 0 aromatic rings. The van der Waals surface area contributed by atoms with Crippen LogP contribution in [0.25, 0.3) is 0 Å². The Morgan fingerprint density at radius 2 is 0.760 bits per heavy atom. The van der Waals surface area contributed by atoms with E-state index in [1.165, 1.54) is 148 Å². The Hall–Kier alpha value is -3.53. The highest BCUT2D eigenvalue weighted by molar-refractivity contribution is 5.71. The summed E-state index contributed by atoms with van der Waals surface area (Å²) in [6.07, 6.45) is 72.3. The van der Waals surface area contributed by atoms with Gasteiger partial charge in [-0.25, -0.2) is 4.79 Å². The summed E-state index contributed by atoms with van der Waals surface area (Å²) in [5, 5.41) is 9.72. The molecule has 0 aromatic heterocycles. The second-order valence-electron chi connectivity index (χ2n) is 21.6. The summed E-state index contributed by atoms with van der Waals surface area (Å²) < 4.78 is 22.9. The summed E-state index contributed by atoms with van der Waals surface area (Å²) in [6, 6.07) is 0. The average Bonchev–Trinajstić information content (AvgIpc) is 3.38. The molecular formula is C66H116NO8+. The molecule has 0 amide bonds. The summed E-state index contributed by atoms with van der Waals surface area (Å²) >= 11 is 0. The molecule has 2 unspecified atom stereocenters. The fraction of sp³-hybridized carbons (Fsp3) is 0.742. The molecule has 0 aliphatic rings. The smallest absolute Gasteiger partial charge is 0.361 e. The molecule has 0 saturated heterocycles. The molecule has 0 saturated carbocycles. The normalized spacial score (nSPS) is 13.3. The van der Waals surface area contributed by atoms with Gasteiger partial charge < -0.3 is 28.5 Å².